The average Bonchev–Trinajstić information content (AvgIpc) is 3.17. The van der Waals surface area contributed by atoms with Crippen molar-refractivity contribution in [3.63, 3.8) is 0 Å². The largest absolute Gasteiger partial charge is 1.00 e. The first-order chi connectivity index (χ1) is 24.9. The van der Waals surface area contributed by atoms with E-state index in [1.165, 1.54) is 39.1 Å². The van der Waals surface area contributed by atoms with E-state index in [2.05, 4.69) is 215 Å². The fraction of sp³-hybridized carbons (Fsp3) is 0.250. The van der Waals surface area contributed by atoms with Gasteiger partial charge in [-0.25, -0.2) is 0 Å². The molecule has 0 aliphatic carbocycles. The molecular formula is C48H54BrOPSi. The maximum Gasteiger partial charge on any atom is 0.261 e. The Labute approximate surface area is 326 Å². The van der Waals surface area contributed by atoms with E-state index < -0.39 is 15.6 Å². The van der Waals surface area contributed by atoms with Crippen molar-refractivity contribution in [2.75, 3.05) is 6.16 Å². The van der Waals surface area contributed by atoms with Crippen molar-refractivity contribution >= 4 is 41.9 Å². The molecule has 1 nitrogen and oxygen atoms in total. The second kappa shape index (κ2) is 20.5. The molecule has 0 bridgehead atoms. The Kier molecular flexibility index (Phi) is 16.1. The van der Waals surface area contributed by atoms with Gasteiger partial charge in [-0.05, 0) is 64.3 Å². The van der Waals surface area contributed by atoms with E-state index >= 15 is 0 Å². The monoisotopic (exact) mass is 784 g/mol. The van der Waals surface area contributed by atoms with Crippen LogP contribution >= 0.6 is 7.26 Å². The van der Waals surface area contributed by atoms with Gasteiger partial charge in [-0.3, -0.25) is 0 Å². The zero-order chi connectivity index (χ0) is 35.8. The first-order valence-corrected chi connectivity index (χ1v) is 22.4. The molecule has 4 heteroatoms. The van der Waals surface area contributed by atoms with Crippen LogP contribution in [0.2, 0.25) is 5.04 Å². The summed E-state index contributed by atoms with van der Waals surface area (Å²) >= 11 is 0. The highest BCUT2D eigenvalue weighted by atomic mass is 79.9. The first-order valence-electron chi connectivity index (χ1n) is 18.5. The average molecular weight is 786 g/mol. The minimum Gasteiger partial charge on any atom is -1.00 e. The van der Waals surface area contributed by atoms with E-state index in [0.717, 1.165) is 19.0 Å². The molecule has 0 amide bonds. The number of allylic oxidation sites excluding steroid dienone is 3. The van der Waals surface area contributed by atoms with E-state index in [1.807, 2.05) is 0 Å². The molecule has 268 valence electrons. The summed E-state index contributed by atoms with van der Waals surface area (Å²) in [5.41, 5.74) is 0. The number of hydrogen-bond acceptors (Lipinski definition) is 1. The highest BCUT2D eigenvalue weighted by Crippen LogP contribution is 2.55. The fourth-order valence-electron chi connectivity index (χ4n) is 7.09. The van der Waals surface area contributed by atoms with Gasteiger partial charge in [-0.1, -0.05) is 174 Å². The predicted molar refractivity (Wildman–Crippen MR) is 227 cm³/mol. The lowest BCUT2D eigenvalue weighted by atomic mass is 10.2. The topological polar surface area (TPSA) is 9.23 Å². The van der Waals surface area contributed by atoms with Crippen molar-refractivity contribution in [2.45, 2.75) is 70.9 Å². The molecule has 0 spiro atoms. The van der Waals surface area contributed by atoms with Gasteiger partial charge < -0.3 is 21.4 Å². The molecule has 0 aromatic heterocycles. The Morgan fingerprint density at radius 3 is 1.48 bits per heavy atom. The summed E-state index contributed by atoms with van der Waals surface area (Å²) in [7, 11) is -4.71. The molecule has 5 aromatic rings. The van der Waals surface area contributed by atoms with E-state index in [1.54, 1.807) is 0 Å². The van der Waals surface area contributed by atoms with Crippen LogP contribution in [0.3, 0.4) is 0 Å². The van der Waals surface area contributed by atoms with Crippen molar-refractivity contribution in [3.05, 3.63) is 176 Å². The number of benzene rings is 5. The molecule has 0 saturated carbocycles. The summed E-state index contributed by atoms with van der Waals surface area (Å²) < 4.78 is 7.58. The van der Waals surface area contributed by atoms with E-state index in [4.69, 9.17) is 4.43 Å². The summed E-state index contributed by atoms with van der Waals surface area (Å²) in [5, 5.41) is 6.64. The number of hydrogen-bond donors (Lipinski definition) is 0. The third kappa shape index (κ3) is 10.0. The molecule has 1 atom stereocenters. The standard InChI is InChI=1S/C48H54OPSi.BrH/c1-5-6-7-8-9-16-29-42(49-51(48(2,3)4,46-37-24-13-25-38-46)47-39-26-14-27-40-47)30-17-15-28-41-50(43-31-18-10-19-32-43,44-33-20-11-21-34-44)45-35-22-12-23-36-45;/h10-15,17-28,30-40,42H,5-8,29,41H2,1-4H3;1H/q+1;/p-1/b28-15+,30-17+;/t42-;/m1./s1. The van der Waals surface area contributed by atoms with Gasteiger partial charge in [0.25, 0.3) is 8.32 Å². The van der Waals surface area contributed by atoms with Gasteiger partial charge >= 0.3 is 0 Å². The summed E-state index contributed by atoms with van der Waals surface area (Å²) in [6, 6.07) is 55.1. The number of unbranched alkanes of at least 4 members (excludes halogenated alkanes) is 3. The van der Waals surface area contributed by atoms with Crippen LogP contribution in [0.15, 0.2) is 176 Å². The molecule has 52 heavy (non-hydrogen) atoms. The van der Waals surface area contributed by atoms with Crippen LogP contribution in [-0.2, 0) is 4.43 Å². The van der Waals surface area contributed by atoms with E-state index in [9.17, 15) is 0 Å². The molecule has 5 rings (SSSR count). The molecule has 0 N–H and O–H groups in total. The zero-order valence-corrected chi connectivity index (χ0v) is 34.8. The van der Waals surface area contributed by atoms with Crippen LogP contribution in [0.25, 0.3) is 0 Å². The van der Waals surface area contributed by atoms with Crippen molar-refractivity contribution in [2.24, 2.45) is 0 Å². The Hall–Kier alpha value is -3.77. The van der Waals surface area contributed by atoms with E-state index in [-0.39, 0.29) is 28.1 Å². The smallest absolute Gasteiger partial charge is 0.261 e. The van der Waals surface area contributed by atoms with Gasteiger partial charge in [0.15, 0.2) is 0 Å². The lowest BCUT2D eigenvalue weighted by molar-refractivity contribution is -0.0000112. The van der Waals surface area contributed by atoms with Crippen molar-refractivity contribution in [1.82, 2.24) is 0 Å². The van der Waals surface area contributed by atoms with Gasteiger partial charge in [-0.15, -0.1) is 11.8 Å². The Bertz CT molecular complexity index is 1720. The van der Waals surface area contributed by atoms with Crippen LogP contribution in [0.1, 0.15) is 59.8 Å². The predicted octanol–water partition coefficient (Wildman–Crippen LogP) is 7.02. The lowest BCUT2D eigenvalue weighted by Gasteiger charge is -2.44. The van der Waals surface area contributed by atoms with Crippen LogP contribution < -0.4 is 43.3 Å². The quantitative estimate of drug-likeness (QED) is 0.0365. The van der Waals surface area contributed by atoms with Crippen molar-refractivity contribution in [1.29, 1.82) is 0 Å². The molecule has 0 saturated heterocycles. The normalized spacial score (nSPS) is 12.6. The first kappa shape index (κ1) is 41.0. The van der Waals surface area contributed by atoms with Crippen molar-refractivity contribution < 1.29 is 21.4 Å². The summed E-state index contributed by atoms with van der Waals surface area (Å²) in [6.45, 7) is 9.27. The summed E-state index contributed by atoms with van der Waals surface area (Å²) in [6.07, 6.45) is 15.0. The highest BCUT2D eigenvalue weighted by Gasteiger charge is 2.51. The summed E-state index contributed by atoms with van der Waals surface area (Å²) in [4.78, 5) is 0. The van der Waals surface area contributed by atoms with Crippen LogP contribution in [0.4, 0.5) is 0 Å². The van der Waals surface area contributed by atoms with Gasteiger partial charge in [0.05, 0.1) is 12.3 Å². The third-order valence-corrected chi connectivity index (χ3v) is 19.0. The summed E-state index contributed by atoms with van der Waals surface area (Å²) in [5.74, 6) is 7.00. The molecule has 0 unspecified atom stereocenters. The second-order valence-corrected chi connectivity index (χ2v) is 21.9. The van der Waals surface area contributed by atoms with Gasteiger partial charge in [0.1, 0.15) is 23.2 Å². The third-order valence-electron chi connectivity index (χ3n) is 9.62. The highest BCUT2D eigenvalue weighted by molar-refractivity contribution is 7.95. The Morgan fingerprint density at radius 1 is 0.615 bits per heavy atom. The lowest BCUT2D eigenvalue weighted by Crippen LogP contribution is -3.00. The maximum atomic E-state index is 7.58. The van der Waals surface area contributed by atoms with Gasteiger partial charge in [0, 0.05) is 12.8 Å². The fourth-order valence-corrected chi connectivity index (χ4v) is 15.7. The van der Waals surface area contributed by atoms with Gasteiger partial charge in [-0.2, -0.15) is 0 Å². The zero-order valence-electron chi connectivity index (χ0n) is 31.3. The van der Waals surface area contributed by atoms with Crippen LogP contribution in [0.5, 0.6) is 0 Å². The molecule has 5 aromatic carbocycles. The molecule has 0 fully saturated rings. The number of rotatable bonds is 15. The molecule has 0 aliphatic rings. The number of halogens is 1. The van der Waals surface area contributed by atoms with Crippen LogP contribution in [-0.4, -0.2) is 20.6 Å². The minimum atomic E-state index is -2.76. The molecule has 0 radical (unpaired) electrons. The Balaban J connectivity index is 0.00000605. The maximum absolute atomic E-state index is 7.58. The SMILES string of the molecule is CCCCCC#CC[C@H](/C=C/C=C/C[P+](c1ccccc1)(c1ccccc1)c1ccccc1)O[Si](c1ccccc1)(c1ccccc1)C(C)(C)C.[Br-]. The second-order valence-electron chi connectivity index (χ2n) is 14.1. The van der Waals surface area contributed by atoms with Crippen molar-refractivity contribution in [3.8, 4) is 11.8 Å². The molecule has 0 heterocycles. The van der Waals surface area contributed by atoms with Crippen LogP contribution in [0, 0.1) is 11.8 Å². The molecular weight excluding hydrogens is 731 g/mol. The van der Waals surface area contributed by atoms with E-state index in [0.29, 0.717) is 6.42 Å². The Morgan fingerprint density at radius 2 is 1.06 bits per heavy atom. The minimum absolute atomic E-state index is 0. The molecule has 0 aliphatic heterocycles. The van der Waals surface area contributed by atoms with Gasteiger partial charge in [0.2, 0.25) is 0 Å².